The van der Waals surface area contributed by atoms with Crippen LogP contribution in [0.25, 0.3) is 11.0 Å². The van der Waals surface area contributed by atoms with Crippen molar-refractivity contribution in [2.24, 2.45) is 0 Å². The summed E-state index contributed by atoms with van der Waals surface area (Å²) < 4.78 is 26.5. The largest absolute Gasteiger partial charge is 0.490 e. The Hall–Kier alpha value is -2.51. The van der Waals surface area contributed by atoms with E-state index in [0.717, 1.165) is 11.1 Å². The van der Waals surface area contributed by atoms with Crippen LogP contribution in [0.15, 0.2) is 51.8 Å². The Labute approximate surface area is 171 Å². The van der Waals surface area contributed by atoms with Gasteiger partial charge in [0.2, 0.25) is 0 Å². The number of furan rings is 1. The van der Waals surface area contributed by atoms with Crippen LogP contribution in [0.5, 0.6) is 5.75 Å². The second-order valence-electron chi connectivity index (χ2n) is 6.66. The summed E-state index contributed by atoms with van der Waals surface area (Å²) >= 11 is 6.20. The molecule has 0 aliphatic heterocycles. The van der Waals surface area contributed by atoms with Gasteiger partial charge in [-0.05, 0) is 44.2 Å². The highest BCUT2D eigenvalue weighted by molar-refractivity contribution is 7.84. The Morgan fingerprint density at radius 1 is 1.21 bits per heavy atom. The molecule has 1 N–H and O–H groups in total. The van der Waals surface area contributed by atoms with Crippen molar-refractivity contribution in [1.29, 1.82) is 0 Å². The molecule has 1 unspecified atom stereocenters. The van der Waals surface area contributed by atoms with E-state index in [4.69, 9.17) is 20.8 Å². The molecule has 6 nitrogen and oxygen atoms in total. The van der Waals surface area contributed by atoms with Gasteiger partial charge in [-0.25, -0.2) is 4.21 Å². The Balaban J connectivity index is 1.85. The van der Waals surface area contributed by atoms with Gasteiger partial charge in [-0.1, -0.05) is 17.7 Å². The monoisotopic (exact) mass is 420 g/mol. The third-order valence-corrected chi connectivity index (χ3v) is 5.50. The molecule has 0 fully saturated rings. The lowest BCUT2D eigenvalue weighted by Crippen LogP contribution is -2.26. The summed E-state index contributed by atoms with van der Waals surface area (Å²) in [4.78, 5) is 14.7. The van der Waals surface area contributed by atoms with E-state index in [0.29, 0.717) is 11.3 Å². The summed E-state index contributed by atoms with van der Waals surface area (Å²) in [6.45, 7) is 3.70. The molecule has 0 saturated heterocycles. The molecule has 0 radical (unpaired) electrons. The number of nitrogens with zero attached hydrogens (tertiary/aromatic N) is 1. The topological polar surface area (TPSA) is 71.8 Å². The predicted octanol–water partition coefficient (Wildman–Crippen LogP) is 4.39. The van der Waals surface area contributed by atoms with Crippen LogP contribution < -0.4 is 14.4 Å². The third kappa shape index (κ3) is 4.31. The first-order valence-electron chi connectivity index (χ1n) is 8.65. The molecule has 0 aliphatic carbocycles. The maximum absolute atomic E-state index is 12.8. The molecule has 0 bridgehead atoms. The molecular weight excluding hydrogens is 400 g/mol. The number of ether oxygens (including phenoxy) is 1. The van der Waals surface area contributed by atoms with Gasteiger partial charge >= 0.3 is 0 Å². The number of halogens is 1. The van der Waals surface area contributed by atoms with E-state index in [2.05, 4.69) is 4.72 Å². The Kier molecular flexibility index (Phi) is 5.96. The summed E-state index contributed by atoms with van der Waals surface area (Å²) in [5.74, 6) is -0.171. The summed E-state index contributed by atoms with van der Waals surface area (Å²) in [7, 11) is 1.92. The highest BCUT2D eigenvalue weighted by atomic mass is 35.5. The number of fused-ring (bicyclic) bond motifs is 1. The molecule has 0 saturated carbocycles. The predicted molar refractivity (Wildman–Crippen MR) is 112 cm³/mol. The Morgan fingerprint density at radius 2 is 1.96 bits per heavy atom. The number of rotatable bonds is 6. The zero-order valence-corrected chi connectivity index (χ0v) is 17.6. The first kappa shape index (κ1) is 20.2. The number of hydrogen-bond acceptors (Lipinski definition) is 5. The van der Waals surface area contributed by atoms with Crippen molar-refractivity contribution in [3.63, 3.8) is 0 Å². The standard InChI is InChI=1S/C20H21ClN2O4S/c1-12(2)26-16-7-5-6-15(21)19(16)28(25)22-20(24)18-10-13-8-9-14(23(3)4)11-17(13)27-18/h5-12H,1-4H3,(H,22,24). The summed E-state index contributed by atoms with van der Waals surface area (Å²) in [6.07, 6.45) is -0.133. The van der Waals surface area contributed by atoms with Crippen LogP contribution in [0.3, 0.4) is 0 Å². The van der Waals surface area contributed by atoms with Gasteiger partial charge in [-0.3, -0.25) is 9.52 Å². The lowest BCUT2D eigenvalue weighted by molar-refractivity contribution is 0.0958. The number of carbonyl (C=O) groups excluding carboxylic acids is 1. The fourth-order valence-corrected chi connectivity index (χ4v) is 3.90. The van der Waals surface area contributed by atoms with Gasteiger partial charge in [-0.2, -0.15) is 0 Å². The normalized spacial score (nSPS) is 12.2. The molecule has 1 aromatic heterocycles. The third-order valence-electron chi connectivity index (χ3n) is 3.91. The Bertz CT molecular complexity index is 1050. The van der Waals surface area contributed by atoms with Crippen molar-refractivity contribution in [3.05, 3.63) is 53.2 Å². The van der Waals surface area contributed by atoms with Gasteiger partial charge < -0.3 is 14.1 Å². The Morgan fingerprint density at radius 3 is 2.64 bits per heavy atom. The van der Waals surface area contributed by atoms with E-state index in [1.54, 1.807) is 24.3 Å². The first-order valence-corrected chi connectivity index (χ1v) is 10.2. The maximum Gasteiger partial charge on any atom is 0.298 e. The summed E-state index contributed by atoms with van der Waals surface area (Å²) in [5.41, 5.74) is 1.52. The van der Waals surface area contributed by atoms with Crippen LogP contribution >= 0.6 is 11.6 Å². The molecule has 8 heteroatoms. The van der Waals surface area contributed by atoms with Gasteiger partial charge in [0.05, 0.1) is 11.1 Å². The number of amides is 1. The molecule has 2 aromatic carbocycles. The van der Waals surface area contributed by atoms with Gasteiger partial charge in [0.15, 0.2) is 16.7 Å². The van der Waals surface area contributed by atoms with E-state index in [9.17, 15) is 9.00 Å². The molecule has 1 atom stereocenters. The quantitative estimate of drug-likeness (QED) is 0.640. The van der Waals surface area contributed by atoms with Gasteiger partial charge in [0, 0.05) is 31.2 Å². The van der Waals surface area contributed by atoms with Crippen LogP contribution in [0, 0.1) is 0 Å². The molecule has 0 spiro atoms. The zero-order chi connectivity index (χ0) is 20.4. The van der Waals surface area contributed by atoms with E-state index in [1.165, 1.54) is 0 Å². The van der Waals surface area contributed by atoms with E-state index in [-0.39, 0.29) is 21.8 Å². The van der Waals surface area contributed by atoms with Crippen LogP contribution in [-0.2, 0) is 11.0 Å². The highest BCUT2D eigenvalue weighted by Crippen LogP contribution is 2.30. The van der Waals surface area contributed by atoms with Crippen molar-refractivity contribution in [1.82, 2.24) is 4.72 Å². The molecular formula is C20H21ClN2O4S. The van der Waals surface area contributed by atoms with Crippen molar-refractivity contribution in [3.8, 4) is 5.75 Å². The minimum atomic E-state index is -1.91. The summed E-state index contributed by atoms with van der Waals surface area (Å²) in [6, 6.07) is 12.2. The zero-order valence-electron chi connectivity index (χ0n) is 16.0. The minimum absolute atomic E-state index is 0.0673. The average molecular weight is 421 g/mol. The van der Waals surface area contributed by atoms with Gasteiger partial charge in [-0.15, -0.1) is 0 Å². The molecule has 3 rings (SSSR count). The molecule has 3 aromatic rings. The minimum Gasteiger partial charge on any atom is -0.490 e. The number of hydrogen-bond donors (Lipinski definition) is 1. The van der Waals surface area contributed by atoms with Crippen LogP contribution in [0.2, 0.25) is 5.02 Å². The van der Waals surface area contributed by atoms with Crippen molar-refractivity contribution >= 4 is 45.2 Å². The number of carbonyl (C=O) groups is 1. The second kappa shape index (κ2) is 8.24. The SMILES string of the molecule is CC(C)Oc1cccc(Cl)c1S(=O)NC(=O)c1cc2ccc(N(C)C)cc2o1. The fraction of sp³-hybridized carbons (Fsp3) is 0.250. The smallest absolute Gasteiger partial charge is 0.298 e. The molecule has 28 heavy (non-hydrogen) atoms. The van der Waals surface area contributed by atoms with Crippen molar-refractivity contribution in [2.45, 2.75) is 24.8 Å². The first-order chi connectivity index (χ1) is 13.3. The fourth-order valence-electron chi connectivity index (χ4n) is 2.61. The lowest BCUT2D eigenvalue weighted by Gasteiger charge is -2.15. The lowest BCUT2D eigenvalue weighted by atomic mass is 10.2. The van der Waals surface area contributed by atoms with E-state index in [1.807, 2.05) is 51.0 Å². The molecule has 1 heterocycles. The van der Waals surface area contributed by atoms with Crippen LogP contribution in [0.4, 0.5) is 5.69 Å². The van der Waals surface area contributed by atoms with Crippen LogP contribution in [0.1, 0.15) is 24.4 Å². The second-order valence-corrected chi connectivity index (χ2v) is 8.22. The highest BCUT2D eigenvalue weighted by Gasteiger charge is 2.21. The van der Waals surface area contributed by atoms with E-state index >= 15 is 0 Å². The average Bonchev–Trinajstić information content (AvgIpc) is 3.04. The van der Waals surface area contributed by atoms with Crippen molar-refractivity contribution < 1.29 is 18.2 Å². The number of nitrogens with one attached hydrogen (secondary N) is 1. The molecule has 1 amide bonds. The summed E-state index contributed by atoms with van der Waals surface area (Å²) in [5, 5.41) is 1.03. The van der Waals surface area contributed by atoms with E-state index < -0.39 is 16.9 Å². The van der Waals surface area contributed by atoms with Gasteiger partial charge in [0.1, 0.15) is 16.2 Å². The number of anilines is 1. The maximum atomic E-state index is 12.8. The molecule has 0 aliphatic rings. The molecule has 148 valence electrons. The number of benzene rings is 2. The van der Waals surface area contributed by atoms with Crippen LogP contribution in [-0.4, -0.2) is 30.3 Å². The van der Waals surface area contributed by atoms with Crippen molar-refractivity contribution in [2.75, 3.05) is 19.0 Å². The van der Waals surface area contributed by atoms with Gasteiger partial charge in [0.25, 0.3) is 5.91 Å².